The number of fused-ring (bicyclic) bond motifs is 1. The standard InChI is InChI=1S/C20H16BrFN4O2/c1-28-17-5-4-12(9-15(17)22)26-19(16-3-2-6-24-16)25-18-13(20(26)27)7-11(10-23)8-14(18)21/h4-5,7-9,16,24H,2-3,6H2,1H3. The smallest absolute Gasteiger partial charge is 0.266 e. The van der Waals surface area contributed by atoms with E-state index in [1.54, 1.807) is 12.1 Å². The van der Waals surface area contributed by atoms with Gasteiger partial charge in [-0.25, -0.2) is 9.37 Å². The molecule has 1 aliphatic heterocycles. The molecule has 0 aliphatic carbocycles. The molecule has 1 N–H and O–H groups in total. The van der Waals surface area contributed by atoms with E-state index in [1.165, 1.54) is 29.9 Å². The minimum atomic E-state index is -0.565. The minimum Gasteiger partial charge on any atom is -0.494 e. The van der Waals surface area contributed by atoms with Crippen molar-refractivity contribution in [1.29, 1.82) is 5.26 Å². The molecule has 142 valence electrons. The van der Waals surface area contributed by atoms with Crippen LogP contribution in [0.1, 0.15) is 30.3 Å². The fourth-order valence-electron chi connectivity index (χ4n) is 3.51. The van der Waals surface area contributed by atoms with E-state index in [9.17, 15) is 14.4 Å². The Labute approximate surface area is 168 Å². The summed E-state index contributed by atoms with van der Waals surface area (Å²) in [5, 5.41) is 12.9. The molecule has 1 aliphatic rings. The molecule has 1 atom stereocenters. The van der Waals surface area contributed by atoms with Gasteiger partial charge in [0.25, 0.3) is 5.56 Å². The van der Waals surface area contributed by atoms with Crippen molar-refractivity contribution in [3.8, 4) is 17.5 Å². The van der Waals surface area contributed by atoms with E-state index < -0.39 is 5.82 Å². The lowest BCUT2D eigenvalue weighted by Crippen LogP contribution is -2.29. The number of rotatable bonds is 3. The van der Waals surface area contributed by atoms with Crippen LogP contribution in [0.2, 0.25) is 0 Å². The molecule has 0 amide bonds. The number of halogens is 2. The number of hydrogen-bond donors (Lipinski definition) is 1. The van der Waals surface area contributed by atoms with Crippen molar-refractivity contribution >= 4 is 26.8 Å². The maximum Gasteiger partial charge on any atom is 0.266 e. The Balaban J connectivity index is 2.06. The highest BCUT2D eigenvalue weighted by molar-refractivity contribution is 9.10. The molecule has 2 heterocycles. The first-order valence-electron chi connectivity index (χ1n) is 8.77. The predicted octanol–water partition coefficient (Wildman–Crippen LogP) is 3.59. The third kappa shape index (κ3) is 3.07. The van der Waals surface area contributed by atoms with Crippen molar-refractivity contribution in [2.45, 2.75) is 18.9 Å². The van der Waals surface area contributed by atoms with Gasteiger partial charge in [-0.15, -0.1) is 0 Å². The van der Waals surface area contributed by atoms with Gasteiger partial charge in [0.15, 0.2) is 11.6 Å². The Bertz CT molecular complexity index is 1180. The van der Waals surface area contributed by atoms with Crippen LogP contribution in [0.15, 0.2) is 39.6 Å². The van der Waals surface area contributed by atoms with Gasteiger partial charge in [-0.1, -0.05) is 0 Å². The third-order valence-corrected chi connectivity index (χ3v) is 5.45. The van der Waals surface area contributed by atoms with Crippen molar-refractivity contribution in [3.05, 3.63) is 62.4 Å². The van der Waals surface area contributed by atoms with Crippen LogP contribution in [0.3, 0.4) is 0 Å². The van der Waals surface area contributed by atoms with Crippen LogP contribution in [0.5, 0.6) is 5.75 Å². The molecule has 6 nitrogen and oxygen atoms in total. The van der Waals surface area contributed by atoms with E-state index >= 15 is 0 Å². The summed E-state index contributed by atoms with van der Waals surface area (Å²) in [5.74, 6) is 0.0508. The first kappa shape index (κ1) is 18.6. The molecule has 1 saturated heterocycles. The van der Waals surface area contributed by atoms with E-state index in [1.807, 2.05) is 6.07 Å². The summed E-state index contributed by atoms with van der Waals surface area (Å²) >= 11 is 3.42. The summed E-state index contributed by atoms with van der Waals surface area (Å²) < 4.78 is 21.3. The van der Waals surface area contributed by atoms with Gasteiger partial charge in [0, 0.05) is 10.5 Å². The van der Waals surface area contributed by atoms with Crippen molar-refractivity contribution in [2.24, 2.45) is 0 Å². The molecule has 4 rings (SSSR count). The van der Waals surface area contributed by atoms with Gasteiger partial charge in [0.05, 0.1) is 41.4 Å². The van der Waals surface area contributed by atoms with Crippen molar-refractivity contribution in [1.82, 2.24) is 14.9 Å². The van der Waals surface area contributed by atoms with Gasteiger partial charge in [0.2, 0.25) is 0 Å². The lowest BCUT2D eigenvalue weighted by molar-refractivity contribution is 0.386. The van der Waals surface area contributed by atoms with Gasteiger partial charge in [-0.3, -0.25) is 9.36 Å². The average Bonchev–Trinajstić information content (AvgIpc) is 3.22. The molecule has 0 spiro atoms. The number of ether oxygens (including phenoxy) is 1. The third-order valence-electron chi connectivity index (χ3n) is 4.85. The highest BCUT2D eigenvalue weighted by Crippen LogP contribution is 2.29. The van der Waals surface area contributed by atoms with Crippen LogP contribution in [0.25, 0.3) is 16.6 Å². The number of nitriles is 1. The summed E-state index contributed by atoms with van der Waals surface area (Å²) in [7, 11) is 1.39. The highest BCUT2D eigenvalue weighted by Gasteiger charge is 2.25. The number of aromatic nitrogens is 2. The average molecular weight is 443 g/mol. The Morgan fingerprint density at radius 1 is 1.39 bits per heavy atom. The fraction of sp³-hybridized carbons (Fsp3) is 0.250. The van der Waals surface area contributed by atoms with Gasteiger partial charge in [0.1, 0.15) is 5.82 Å². The number of nitrogens with one attached hydrogen (secondary N) is 1. The van der Waals surface area contributed by atoms with Gasteiger partial charge >= 0.3 is 0 Å². The minimum absolute atomic E-state index is 0.0978. The van der Waals surface area contributed by atoms with Crippen molar-refractivity contribution < 1.29 is 9.13 Å². The molecule has 0 bridgehead atoms. The van der Waals surface area contributed by atoms with Crippen LogP contribution in [-0.4, -0.2) is 23.2 Å². The first-order valence-corrected chi connectivity index (χ1v) is 9.56. The Kier molecular flexibility index (Phi) is 4.87. The normalized spacial score (nSPS) is 16.3. The zero-order valence-electron chi connectivity index (χ0n) is 15.0. The zero-order valence-corrected chi connectivity index (χ0v) is 16.6. The first-order chi connectivity index (χ1) is 13.5. The van der Waals surface area contributed by atoms with Crippen LogP contribution < -0.4 is 15.6 Å². The molecule has 2 aromatic carbocycles. The monoisotopic (exact) mass is 442 g/mol. The molecular weight excluding hydrogens is 427 g/mol. The van der Waals surface area contributed by atoms with Gasteiger partial charge in [-0.2, -0.15) is 5.26 Å². The summed E-state index contributed by atoms with van der Waals surface area (Å²) in [5.41, 5.74) is 0.839. The molecule has 1 aromatic heterocycles. The van der Waals surface area contributed by atoms with E-state index in [0.717, 1.165) is 19.4 Å². The maximum atomic E-state index is 14.3. The molecule has 28 heavy (non-hydrogen) atoms. The predicted molar refractivity (Wildman–Crippen MR) is 106 cm³/mol. The molecule has 0 radical (unpaired) electrons. The van der Waals surface area contributed by atoms with Crippen LogP contribution in [0.4, 0.5) is 4.39 Å². The summed E-state index contributed by atoms with van der Waals surface area (Å²) in [6.45, 7) is 0.823. The second-order valence-electron chi connectivity index (χ2n) is 6.54. The van der Waals surface area contributed by atoms with Crippen LogP contribution in [-0.2, 0) is 0 Å². The Hall–Kier alpha value is -2.76. The fourth-order valence-corrected chi connectivity index (χ4v) is 4.06. The lowest BCUT2D eigenvalue weighted by atomic mass is 10.1. The molecule has 1 unspecified atom stereocenters. The van der Waals surface area contributed by atoms with Crippen molar-refractivity contribution in [2.75, 3.05) is 13.7 Å². The second-order valence-corrected chi connectivity index (χ2v) is 7.40. The molecular formula is C20H16BrFN4O2. The number of nitrogens with zero attached hydrogens (tertiary/aromatic N) is 3. The van der Waals surface area contributed by atoms with Crippen LogP contribution >= 0.6 is 15.9 Å². The molecule has 1 fully saturated rings. The van der Waals surface area contributed by atoms with Gasteiger partial charge in [-0.05, 0) is 59.6 Å². The summed E-state index contributed by atoms with van der Waals surface area (Å²) in [6, 6.07) is 9.44. The second kappa shape index (κ2) is 7.34. The van der Waals surface area contributed by atoms with E-state index in [4.69, 9.17) is 9.72 Å². The largest absolute Gasteiger partial charge is 0.494 e. The van der Waals surface area contributed by atoms with Crippen molar-refractivity contribution in [3.63, 3.8) is 0 Å². The molecule has 8 heteroatoms. The van der Waals surface area contributed by atoms with E-state index in [-0.39, 0.29) is 17.4 Å². The highest BCUT2D eigenvalue weighted by atomic mass is 79.9. The Morgan fingerprint density at radius 2 is 2.21 bits per heavy atom. The maximum absolute atomic E-state index is 14.3. The Morgan fingerprint density at radius 3 is 2.86 bits per heavy atom. The zero-order chi connectivity index (χ0) is 19.8. The summed E-state index contributed by atoms with van der Waals surface area (Å²) in [6.07, 6.45) is 1.79. The quantitative estimate of drug-likeness (QED) is 0.670. The lowest BCUT2D eigenvalue weighted by Gasteiger charge is -2.19. The van der Waals surface area contributed by atoms with Crippen LogP contribution in [0, 0.1) is 17.1 Å². The van der Waals surface area contributed by atoms with Gasteiger partial charge < -0.3 is 10.1 Å². The number of benzene rings is 2. The topological polar surface area (TPSA) is 79.9 Å². The molecule has 3 aromatic rings. The number of methoxy groups -OCH3 is 1. The van der Waals surface area contributed by atoms with E-state index in [2.05, 4.69) is 21.2 Å². The number of hydrogen-bond acceptors (Lipinski definition) is 5. The molecule has 0 saturated carbocycles. The summed E-state index contributed by atoms with van der Waals surface area (Å²) in [4.78, 5) is 18.1. The SMILES string of the molecule is COc1ccc(-n2c(C3CCCN3)nc3c(Br)cc(C#N)cc3c2=O)cc1F. The van der Waals surface area contributed by atoms with E-state index in [0.29, 0.717) is 32.5 Å².